The number of hydrogen-bond acceptors (Lipinski definition) is 6. The lowest BCUT2D eigenvalue weighted by molar-refractivity contribution is 0.102. The van der Waals surface area contributed by atoms with Crippen molar-refractivity contribution in [3.63, 3.8) is 0 Å². The number of benzene rings is 2. The fraction of sp³-hybridized carbons (Fsp3) is 0.167. The van der Waals surface area contributed by atoms with Gasteiger partial charge in [0.05, 0.1) is 5.56 Å². The van der Waals surface area contributed by atoms with E-state index < -0.39 is 0 Å². The molecule has 0 aliphatic carbocycles. The minimum atomic E-state index is -0.192. The van der Waals surface area contributed by atoms with Gasteiger partial charge in [0.25, 0.3) is 5.91 Å². The van der Waals surface area contributed by atoms with Crippen molar-refractivity contribution < 1.29 is 9.53 Å². The number of aromatic nitrogens is 2. The molecule has 1 heterocycles. The molecule has 0 aliphatic rings. The van der Waals surface area contributed by atoms with Gasteiger partial charge in [-0.05, 0) is 42.2 Å². The average Bonchev–Trinajstić information content (AvgIpc) is 3.09. The molecular formula is C18H16ClN3O2S2. The Bertz CT molecular complexity index is 884. The standard InChI is InChI=1S/C18H16ClN3O2S2/c1-2-25-15-6-4-3-5-14(15)17(23)20-18-22-21-16(26-18)11-24-13-9-7-12(19)8-10-13/h3-10H,2,11H2,1H3,(H,20,22,23). The van der Waals surface area contributed by atoms with E-state index in [1.165, 1.54) is 11.3 Å². The summed E-state index contributed by atoms with van der Waals surface area (Å²) in [5.41, 5.74) is 0.633. The van der Waals surface area contributed by atoms with E-state index >= 15 is 0 Å². The second kappa shape index (κ2) is 9.02. The second-order valence-corrected chi connectivity index (χ2v) is 7.93. The normalized spacial score (nSPS) is 10.5. The first-order chi connectivity index (χ1) is 12.7. The van der Waals surface area contributed by atoms with Crippen LogP contribution in [-0.4, -0.2) is 21.9 Å². The Hall–Kier alpha value is -2.09. The van der Waals surface area contributed by atoms with Crippen molar-refractivity contribution >= 4 is 45.7 Å². The van der Waals surface area contributed by atoms with E-state index in [-0.39, 0.29) is 12.5 Å². The van der Waals surface area contributed by atoms with Crippen LogP contribution in [0.15, 0.2) is 53.4 Å². The van der Waals surface area contributed by atoms with E-state index in [9.17, 15) is 4.79 Å². The molecule has 0 aliphatic heterocycles. The summed E-state index contributed by atoms with van der Waals surface area (Å²) in [6, 6.07) is 14.6. The number of rotatable bonds is 7. The highest BCUT2D eigenvalue weighted by Gasteiger charge is 2.14. The Labute approximate surface area is 164 Å². The largest absolute Gasteiger partial charge is 0.486 e. The fourth-order valence-corrected chi connectivity index (χ4v) is 3.71. The van der Waals surface area contributed by atoms with Crippen molar-refractivity contribution in [2.24, 2.45) is 0 Å². The number of amides is 1. The predicted octanol–water partition coefficient (Wildman–Crippen LogP) is 5.13. The van der Waals surface area contributed by atoms with Crippen LogP contribution in [0.2, 0.25) is 5.02 Å². The predicted molar refractivity (Wildman–Crippen MR) is 106 cm³/mol. The van der Waals surface area contributed by atoms with Gasteiger partial charge in [0.1, 0.15) is 12.4 Å². The molecular weight excluding hydrogens is 390 g/mol. The Morgan fingerprint density at radius 2 is 1.96 bits per heavy atom. The molecule has 5 nitrogen and oxygen atoms in total. The number of thioether (sulfide) groups is 1. The number of halogens is 1. The highest BCUT2D eigenvalue weighted by molar-refractivity contribution is 7.99. The van der Waals surface area contributed by atoms with Gasteiger partial charge < -0.3 is 4.74 Å². The third-order valence-corrected chi connectivity index (χ3v) is 5.31. The third kappa shape index (κ3) is 4.97. The summed E-state index contributed by atoms with van der Waals surface area (Å²) >= 11 is 8.76. The zero-order valence-corrected chi connectivity index (χ0v) is 16.3. The molecule has 0 radical (unpaired) electrons. The second-order valence-electron chi connectivity index (χ2n) is 5.13. The molecule has 3 rings (SSSR count). The first kappa shape index (κ1) is 18.7. The van der Waals surface area contributed by atoms with Crippen molar-refractivity contribution in [1.82, 2.24) is 10.2 Å². The van der Waals surface area contributed by atoms with Crippen LogP contribution in [0.5, 0.6) is 5.75 Å². The van der Waals surface area contributed by atoms with Crippen molar-refractivity contribution in [1.29, 1.82) is 0 Å². The maximum atomic E-state index is 12.5. The van der Waals surface area contributed by atoms with Gasteiger partial charge in [-0.15, -0.1) is 22.0 Å². The molecule has 0 bridgehead atoms. The molecule has 3 aromatic rings. The van der Waals surface area contributed by atoms with Crippen molar-refractivity contribution in [2.45, 2.75) is 18.4 Å². The zero-order chi connectivity index (χ0) is 18.4. The molecule has 8 heteroatoms. The highest BCUT2D eigenvalue weighted by Crippen LogP contribution is 2.24. The lowest BCUT2D eigenvalue weighted by Crippen LogP contribution is -2.12. The maximum absolute atomic E-state index is 12.5. The Balaban J connectivity index is 1.61. The molecule has 2 aromatic carbocycles. The van der Waals surface area contributed by atoms with E-state index in [2.05, 4.69) is 22.4 Å². The number of nitrogens with one attached hydrogen (secondary N) is 1. The quantitative estimate of drug-likeness (QED) is 0.551. The molecule has 0 atom stereocenters. The molecule has 1 amide bonds. The molecule has 0 unspecified atom stereocenters. The molecule has 26 heavy (non-hydrogen) atoms. The monoisotopic (exact) mass is 405 g/mol. The third-order valence-electron chi connectivity index (χ3n) is 3.29. The number of carbonyl (C=O) groups excluding carboxylic acids is 1. The number of ether oxygens (including phenoxy) is 1. The van der Waals surface area contributed by atoms with E-state index in [0.717, 1.165) is 10.6 Å². The van der Waals surface area contributed by atoms with Crippen molar-refractivity contribution in [3.8, 4) is 5.75 Å². The van der Waals surface area contributed by atoms with Crippen LogP contribution in [0, 0.1) is 0 Å². The minimum Gasteiger partial charge on any atom is -0.486 e. The van der Waals surface area contributed by atoms with E-state index in [0.29, 0.717) is 26.5 Å². The van der Waals surface area contributed by atoms with Gasteiger partial charge in [-0.25, -0.2) is 0 Å². The molecule has 0 saturated heterocycles. The molecule has 0 fully saturated rings. The SMILES string of the molecule is CCSc1ccccc1C(=O)Nc1nnc(COc2ccc(Cl)cc2)s1. The van der Waals surface area contributed by atoms with Gasteiger partial charge in [0.15, 0.2) is 5.01 Å². The molecule has 1 N–H and O–H groups in total. The van der Waals surface area contributed by atoms with Gasteiger partial charge in [-0.3, -0.25) is 10.1 Å². The topological polar surface area (TPSA) is 64.1 Å². The number of nitrogens with zero attached hydrogens (tertiary/aromatic N) is 2. The van der Waals surface area contributed by atoms with Gasteiger partial charge in [-0.1, -0.05) is 42.0 Å². The van der Waals surface area contributed by atoms with Crippen LogP contribution in [0.3, 0.4) is 0 Å². The van der Waals surface area contributed by atoms with Crippen molar-refractivity contribution in [2.75, 3.05) is 11.1 Å². The van der Waals surface area contributed by atoms with Crippen LogP contribution >= 0.6 is 34.7 Å². The zero-order valence-electron chi connectivity index (χ0n) is 13.9. The summed E-state index contributed by atoms with van der Waals surface area (Å²) in [4.78, 5) is 13.4. The Morgan fingerprint density at radius 1 is 1.19 bits per heavy atom. The molecule has 134 valence electrons. The van der Waals surface area contributed by atoms with Crippen LogP contribution in [0.4, 0.5) is 5.13 Å². The Morgan fingerprint density at radius 3 is 2.73 bits per heavy atom. The first-order valence-corrected chi connectivity index (χ1v) is 10.1. The lowest BCUT2D eigenvalue weighted by atomic mass is 10.2. The van der Waals surface area contributed by atoms with Crippen LogP contribution in [0.1, 0.15) is 22.3 Å². The summed E-state index contributed by atoms with van der Waals surface area (Å²) < 4.78 is 5.63. The van der Waals surface area contributed by atoms with E-state index in [4.69, 9.17) is 16.3 Å². The highest BCUT2D eigenvalue weighted by atomic mass is 35.5. The average molecular weight is 406 g/mol. The number of carbonyl (C=O) groups is 1. The molecule has 0 spiro atoms. The number of anilines is 1. The molecule has 0 saturated carbocycles. The van der Waals surface area contributed by atoms with E-state index in [1.807, 2.05) is 18.2 Å². The van der Waals surface area contributed by atoms with Gasteiger partial charge in [-0.2, -0.15) is 0 Å². The van der Waals surface area contributed by atoms with Crippen molar-refractivity contribution in [3.05, 3.63) is 64.1 Å². The van der Waals surface area contributed by atoms with Crippen LogP contribution in [-0.2, 0) is 6.61 Å². The number of hydrogen-bond donors (Lipinski definition) is 1. The van der Waals surface area contributed by atoms with Gasteiger partial charge in [0, 0.05) is 9.92 Å². The minimum absolute atomic E-state index is 0.192. The summed E-state index contributed by atoms with van der Waals surface area (Å²) in [6.45, 7) is 2.33. The maximum Gasteiger partial charge on any atom is 0.258 e. The van der Waals surface area contributed by atoms with E-state index in [1.54, 1.807) is 42.1 Å². The smallest absolute Gasteiger partial charge is 0.258 e. The van der Waals surface area contributed by atoms with Crippen LogP contribution in [0.25, 0.3) is 0 Å². The summed E-state index contributed by atoms with van der Waals surface area (Å²) in [7, 11) is 0. The van der Waals surface area contributed by atoms with Gasteiger partial charge >= 0.3 is 0 Å². The Kier molecular flexibility index (Phi) is 6.49. The molecule has 1 aromatic heterocycles. The van der Waals surface area contributed by atoms with Crippen LogP contribution < -0.4 is 10.1 Å². The first-order valence-electron chi connectivity index (χ1n) is 7.89. The lowest BCUT2D eigenvalue weighted by Gasteiger charge is -2.06. The fourth-order valence-electron chi connectivity index (χ4n) is 2.14. The van der Waals surface area contributed by atoms with Gasteiger partial charge in [0.2, 0.25) is 5.13 Å². The summed E-state index contributed by atoms with van der Waals surface area (Å²) in [5.74, 6) is 1.40. The summed E-state index contributed by atoms with van der Waals surface area (Å²) in [5, 5.41) is 12.6. The summed E-state index contributed by atoms with van der Waals surface area (Å²) in [6.07, 6.45) is 0.